The Balaban J connectivity index is 2.17. The van der Waals surface area contributed by atoms with Gasteiger partial charge in [-0.25, -0.2) is 0 Å². The molecule has 0 radical (unpaired) electrons. The Hall–Kier alpha value is 0.0700. The van der Waals surface area contributed by atoms with Gasteiger partial charge in [0.05, 0.1) is 22.7 Å². The van der Waals surface area contributed by atoms with Crippen LogP contribution in [0.4, 0.5) is 0 Å². The van der Waals surface area contributed by atoms with E-state index in [0.29, 0.717) is 11.8 Å². The standard InChI is InChI=1S/C8H9Cl2N/c9-7-4-1-5(3-11)6(2-4)8(7)10/h4-8H,1-2H2. The lowest BCUT2D eigenvalue weighted by Crippen LogP contribution is -2.28. The first-order valence-corrected chi connectivity index (χ1v) is 4.79. The van der Waals surface area contributed by atoms with Crippen LogP contribution in [0, 0.1) is 29.1 Å². The molecule has 5 atom stereocenters. The molecule has 0 aromatic heterocycles. The summed E-state index contributed by atoms with van der Waals surface area (Å²) in [4.78, 5) is 0. The van der Waals surface area contributed by atoms with Crippen molar-refractivity contribution in [3.63, 3.8) is 0 Å². The molecule has 0 N–H and O–H groups in total. The zero-order chi connectivity index (χ0) is 8.01. The van der Waals surface area contributed by atoms with Crippen molar-refractivity contribution in [1.29, 1.82) is 5.26 Å². The quantitative estimate of drug-likeness (QED) is 0.538. The lowest BCUT2D eigenvalue weighted by molar-refractivity contribution is 0.413. The number of hydrogen-bond acceptors (Lipinski definition) is 1. The molecule has 2 aliphatic carbocycles. The average molecular weight is 190 g/mol. The third-order valence-electron chi connectivity index (χ3n) is 2.98. The van der Waals surface area contributed by atoms with Crippen molar-refractivity contribution < 1.29 is 0 Å². The second kappa shape index (κ2) is 2.54. The van der Waals surface area contributed by atoms with Gasteiger partial charge < -0.3 is 0 Å². The van der Waals surface area contributed by atoms with Crippen LogP contribution in [-0.4, -0.2) is 10.8 Å². The molecule has 5 unspecified atom stereocenters. The van der Waals surface area contributed by atoms with Crippen LogP contribution in [0.5, 0.6) is 0 Å². The Morgan fingerprint density at radius 3 is 2.36 bits per heavy atom. The van der Waals surface area contributed by atoms with Gasteiger partial charge in [-0.05, 0) is 24.7 Å². The van der Waals surface area contributed by atoms with Gasteiger partial charge in [-0.15, -0.1) is 23.2 Å². The molecule has 0 spiro atoms. The molecule has 11 heavy (non-hydrogen) atoms. The van der Waals surface area contributed by atoms with Crippen LogP contribution in [0.1, 0.15) is 12.8 Å². The lowest BCUT2D eigenvalue weighted by atomic mass is 9.89. The summed E-state index contributed by atoms with van der Waals surface area (Å²) in [7, 11) is 0. The van der Waals surface area contributed by atoms with E-state index in [1.54, 1.807) is 0 Å². The Morgan fingerprint density at radius 2 is 1.91 bits per heavy atom. The van der Waals surface area contributed by atoms with Crippen LogP contribution in [0.15, 0.2) is 0 Å². The van der Waals surface area contributed by atoms with Gasteiger partial charge in [0.2, 0.25) is 0 Å². The highest BCUT2D eigenvalue weighted by Crippen LogP contribution is 2.52. The average Bonchev–Trinajstić information content (AvgIpc) is 2.53. The molecule has 2 saturated carbocycles. The highest BCUT2D eigenvalue weighted by atomic mass is 35.5. The van der Waals surface area contributed by atoms with E-state index in [1.807, 2.05) is 0 Å². The summed E-state index contributed by atoms with van der Waals surface area (Å²) < 4.78 is 0. The van der Waals surface area contributed by atoms with Gasteiger partial charge in [0, 0.05) is 0 Å². The van der Waals surface area contributed by atoms with E-state index < -0.39 is 0 Å². The van der Waals surface area contributed by atoms with Crippen LogP contribution >= 0.6 is 23.2 Å². The van der Waals surface area contributed by atoms with Crippen molar-refractivity contribution in [3.8, 4) is 6.07 Å². The summed E-state index contributed by atoms with van der Waals surface area (Å²) in [5, 5.41) is 8.90. The highest BCUT2D eigenvalue weighted by Gasteiger charge is 2.51. The molecule has 2 bridgehead atoms. The van der Waals surface area contributed by atoms with Gasteiger partial charge in [-0.2, -0.15) is 5.26 Å². The number of halogens is 2. The summed E-state index contributed by atoms with van der Waals surface area (Å²) in [6, 6.07) is 2.30. The zero-order valence-electron chi connectivity index (χ0n) is 6.00. The van der Waals surface area contributed by atoms with Crippen molar-refractivity contribution in [2.45, 2.75) is 23.6 Å². The number of nitriles is 1. The van der Waals surface area contributed by atoms with E-state index in [0.717, 1.165) is 12.8 Å². The summed E-state index contributed by atoms with van der Waals surface area (Å²) in [6.07, 6.45) is 2.04. The summed E-state index contributed by atoms with van der Waals surface area (Å²) in [5.41, 5.74) is 0. The maximum absolute atomic E-state index is 8.74. The van der Waals surface area contributed by atoms with Crippen molar-refractivity contribution in [3.05, 3.63) is 0 Å². The van der Waals surface area contributed by atoms with Gasteiger partial charge in [-0.3, -0.25) is 0 Å². The third-order valence-corrected chi connectivity index (χ3v) is 4.33. The van der Waals surface area contributed by atoms with Gasteiger partial charge in [-0.1, -0.05) is 0 Å². The Labute approximate surface area is 76.3 Å². The minimum atomic E-state index is 0.0417. The molecule has 3 heteroatoms. The van der Waals surface area contributed by atoms with Gasteiger partial charge >= 0.3 is 0 Å². The van der Waals surface area contributed by atoms with E-state index >= 15 is 0 Å². The lowest BCUT2D eigenvalue weighted by Gasteiger charge is -2.24. The minimum Gasteiger partial charge on any atom is -0.198 e. The molecule has 2 rings (SSSR count). The van der Waals surface area contributed by atoms with Gasteiger partial charge in [0.1, 0.15) is 0 Å². The van der Waals surface area contributed by atoms with Crippen LogP contribution in [0.25, 0.3) is 0 Å². The largest absolute Gasteiger partial charge is 0.198 e. The predicted molar refractivity (Wildman–Crippen MR) is 44.6 cm³/mol. The second-order valence-electron chi connectivity index (χ2n) is 3.52. The molecule has 0 aromatic carbocycles. The smallest absolute Gasteiger partial charge is 0.0659 e. The van der Waals surface area contributed by atoms with Crippen molar-refractivity contribution in [2.75, 3.05) is 0 Å². The maximum Gasteiger partial charge on any atom is 0.0659 e. The Morgan fingerprint density at radius 1 is 1.18 bits per heavy atom. The molecule has 2 fully saturated rings. The summed E-state index contributed by atoms with van der Waals surface area (Å²) >= 11 is 12.1. The SMILES string of the molecule is N#CC1CC2CC1C(Cl)C2Cl. The van der Waals surface area contributed by atoms with Crippen LogP contribution in [0.2, 0.25) is 0 Å². The molecule has 60 valence electrons. The first-order chi connectivity index (χ1) is 5.24. The number of rotatable bonds is 0. The fourth-order valence-corrected chi connectivity index (χ4v) is 3.24. The van der Waals surface area contributed by atoms with E-state index in [9.17, 15) is 0 Å². The molecule has 0 aliphatic heterocycles. The zero-order valence-corrected chi connectivity index (χ0v) is 7.52. The van der Waals surface area contributed by atoms with Crippen molar-refractivity contribution >= 4 is 23.2 Å². The predicted octanol–water partition coefficient (Wildman–Crippen LogP) is 2.38. The van der Waals surface area contributed by atoms with Crippen LogP contribution in [0.3, 0.4) is 0 Å². The first-order valence-electron chi connectivity index (χ1n) is 3.92. The van der Waals surface area contributed by atoms with E-state index in [4.69, 9.17) is 28.5 Å². The summed E-state index contributed by atoms with van der Waals surface area (Å²) in [5.74, 6) is 1.06. The second-order valence-corrected chi connectivity index (χ2v) is 4.53. The molecule has 0 amide bonds. The fraction of sp³-hybridized carbons (Fsp3) is 0.875. The molecule has 0 aromatic rings. The van der Waals surface area contributed by atoms with E-state index in [2.05, 4.69) is 6.07 Å². The number of fused-ring (bicyclic) bond motifs is 2. The van der Waals surface area contributed by atoms with Crippen LogP contribution < -0.4 is 0 Å². The molecule has 0 saturated heterocycles. The monoisotopic (exact) mass is 189 g/mol. The van der Waals surface area contributed by atoms with Gasteiger partial charge in [0.25, 0.3) is 0 Å². The van der Waals surface area contributed by atoms with Crippen LogP contribution in [-0.2, 0) is 0 Å². The fourth-order valence-electron chi connectivity index (χ4n) is 2.37. The van der Waals surface area contributed by atoms with E-state index in [-0.39, 0.29) is 16.7 Å². The maximum atomic E-state index is 8.74. The minimum absolute atomic E-state index is 0.0417. The molecular formula is C8H9Cl2N. The Bertz CT molecular complexity index is 209. The van der Waals surface area contributed by atoms with Gasteiger partial charge in [0.15, 0.2) is 0 Å². The molecule has 1 nitrogen and oxygen atoms in total. The summed E-state index contributed by atoms with van der Waals surface area (Å²) in [6.45, 7) is 0. The normalized spacial score (nSPS) is 54.5. The third kappa shape index (κ3) is 0.965. The highest BCUT2D eigenvalue weighted by molar-refractivity contribution is 6.30. The van der Waals surface area contributed by atoms with Crippen molar-refractivity contribution in [1.82, 2.24) is 0 Å². The van der Waals surface area contributed by atoms with E-state index in [1.165, 1.54) is 0 Å². The molecule has 0 heterocycles. The topological polar surface area (TPSA) is 23.8 Å². The first kappa shape index (κ1) is 7.71. The number of alkyl halides is 2. The number of hydrogen-bond donors (Lipinski definition) is 0. The Kier molecular flexibility index (Phi) is 1.78. The number of nitrogens with zero attached hydrogens (tertiary/aromatic N) is 1. The molecular weight excluding hydrogens is 181 g/mol. The molecule has 2 aliphatic rings. The van der Waals surface area contributed by atoms with Crippen molar-refractivity contribution in [2.24, 2.45) is 17.8 Å².